The van der Waals surface area contributed by atoms with Crippen molar-refractivity contribution < 1.29 is 22.9 Å². The molecule has 0 spiro atoms. The Bertz CT molecular complexity index is 1410. The SMILES string of the molecule is Cc1ccc(NC(=O)CN(c2ccc([N+](=O)[O-])cc2)S(=O)(=O)c2ccccc2)cc1N1CCCC1=O. The highest BCUT2D eigenvalue weighted by atomic mass is 32.2. The molecule has 1 saturated heterocycles. The molecule has 0 atom stereocenters. The van der Waals surface area contributed by atoms with Crippen molar-refractivity contribution in [3.05, 3.63) is 88.5 Å². The van der Waals surface area contributed by atoms with Crippen molar-refractivity contribution in [1.82, 2.24) is 0 Å². The van der Waals surface area contributed by atoms with Crippen molar-refractivity contribution in [3.63, 3.8) is 0 Å². The number of nitrogens with one attached hydrogen (secondary N) is 1. The number of sulfonamides is 1. The van der Waals surface area contributed by atoms with Gasteiger partial charge in [-0.25, -0.2) is 8.42 Å². The number of amides is 2. The van der Waals surface area contributed by atoms with Gasteiger partial charge in [0.05, 0.1) is 15.5 Å². The summed E-state index contributed by atoms with van der Waals surface area (Å²) in [5, 5.41) is 13.7. The number of aryl methyl sites for hydroxylation is 1. The third-order valence-corrected chi connectivity index (χ3v) is 7.61. The van der Waals surface area contributed by atoms with Crippen molar-refractivity contribution in [3.8, 4) is 0 Å². The van der Waals surface area contributed by atoms with Gasteiger partial charge < -0.3 is 10.2 Å². The number of nitro groups is 1. The summed E-state index contributed by atoms with van der Waals surface area (Å²) in [6.07, 6.45) is 1.23. The molecule has 1 heterocycles. The summed E-state index contributed by atoms with van der Waals surface area (Å²) < 4.78 is 27.7. The van der Waals surface area contributed by atoms with Gasteiger partial charge in [0, 0.05) is 36.5 Å². The summed E-state index contributed by atoms with van der Waals surface area (Å²) in [5.41, 5.74) is 1.89. The first-order chi connectivity index (χ1) is 17.2. The van der Waals surface area contributed by atoms with E-state index in [0.717, 1.165) is 16.3 Å². The molecule has 1 aliphatic rings. The van der Waals surface area contributed by atoms with Gasteiger partial charge in [-0.05, 0) is 55.3 Å². The lowest BCUT2D eigenvalue weighted by Gasteiger charge is -2.24. The number of non-ortho nitro benzene ring substituents is 1. The molecule has 186 valence electrons. The molecule has 0 saturated carbocycles. The van der Waals surface area contributed by atoms with Crippen molar-refractivity contribution in [1.29, 1.82) is 0 Å². The van der Waals surface area contributed by atoms with Crippen LogP contribution in [-0.4, -0.2) is 38.2 Å². The zero-order chi connectivity index (χ0) is 25.9. The summed E-state index contributed by atoms with van der Waals surface area (Å²) in [5.74, 6) is -0.602. The van der Waals surface area contributed by atoms with Crippen LogP contribution in [0.1, 0.15) is 18.4 Å². The molecule has 3 aromatic rings. The van der Waals surface area contributed by atoms with E-state index >= 15 is 0 Å². The highest BCUT2D eigenvalue weighted by Gasteiger charge is 2.28. The van der Waals surface area contributed by atoms with Gasteiger partial charge in [-0.3, -0.25) is 24.0 Å². The molecule has 2 amide bonds. The van der Waals surface area contributed by atoms with Crippen LogP contribution >= 0.6 is 0 Å². The molecule has 1 aliphatic heterocycles. The van der Waals surface area contributed by atoms with Crippen LogP contribution in [0.5, 0.6) is 0 Å². The summed E-state index contributed by atoms with van der Waals surface area (Å²) >= 11 is 0. The molecule has 4 rings (SSSR count). The van der Waals surface area contributed by atoms with Crippen molar-refractivity contribution >= 4 is 44.6 Å². The van der Waals surface area contributed by atoms with Gasteiger partial charge in [0.15, 0.2) is 0 Å². The molecule has 10 nitrogen and oxygen atoms in total. The largest absolute Gasteiger partial charge is 0.324 e. The summed E-state index contributed by atoms with van der Waals surface area (Å²) in [4.78, 5) is 37.3. The van der Waals surface area contributed by atoms with Crippen LogP contribution in [0.3, 0.4) is 0 Å². The highest BCUT2D eigenvalue weighted by Crippen LogP contribution is 2.29. The minimum absolute atomic E-state index is 0.0138. The molecule has 0 bridgehead atoms. The van der Waals surface area contributed by atoms with Crippen LogP contribution in [0.4, 0.5) is 22.7 Å². The van der Waals surface area contributed by atoms with Crippen LogP contribution in [0, 0.1) is 17.0 Å². The van der Waals surface area contributed by atoms with E-state index in [1.54, 1.807) is 41.3 Å². The lowest BCUT2D eigenvalue weighted by atomic mass is 10.1. The molecule has 0 radical (unpaired) electrons. The lowest BCUT2D eigenvalue weighted by Crippen LogP contribution is -2.38. The second-order valence-electron chi connectivity index (χ2n) is 8.30. The third kappa shape index (κ3) is 5.20. The minimum Gasteiger partial charge on any atom is -0.324 e. The summed E-state index contributed by atoms with van der Waals surface area (Å²) in [7, 11) is -4.16. The van der Waals surface area contributed by atoms with Gasteiger partial charge in [0.2, 0.25) is 11.8 Å². The lowest BCUT2D eigenvalue weighted by molar-refractivity contribution is -0.384. The number of nitrogens with zero attached hydrogens (tertiary/aromatic N) is 3. The Balaban J connectivity index is 1.62. The smallest absolute Gasteiger partial charge is 0.269 e. The van der Waals surface area contributed by atoms with Gasteiger partial charge in [-0.2, -0.15) is 0 Å². The number of carbonyl (C=O) groups excluding carboxylic acids is 2. The topological polar surface area (TPSA) is 130 Å². The Hall–Kier alpha value is -4.25. The molecule has 11 heteroatoms. The average Bonchev–Trinajstić information content (AvgIpc) is 3.29. The first kappa shape index (κ1) is 24.9. The Labute approximate surface area is 208 Å². The van der Waals surface area contributed by atoms with E-state index in [1.807, 2.05) is 6.92 Å². The number of anilines is 3. The van der Waals surface area contributed by atoms with E-state index in [0.29, 0.717) is 24.3 Å². The second kappa shape index (κ2) is 10.2. The number of hydrogen-bond acceptors (Lipinski definition) is 6. The molecule has 1 N–H and O–H groups in total. The van der Waals surface area contributed by atoms with Crippen molar-refractivity contribution in [2.45, 2.75) is 24.7 Å². The van der Waals surface area contributed by atoms with Crippen molar-refractivity contribution in [2.24, 2.45) is 0 Å². The molecule has 1 fully saturated rings. The fourth-order valence-electron chi connectivity index (χ4n) is 3.99. The van der Waals surface area contributed by atoms with Crippen LogP contribution in [0.2, 0.25) is 0 Å². The first-order valence-corrected chi connectivity index (χ1v) is 12.6. The molecule has 0 aromatic heterocycles. The van der Waals surface area contributed by atoms with Gasteiger partial charge in [0.1, 0.15) is 6.54 Å². The Morgan fingerprint density at radius 1 is 1.08 bits per heavy atom. The van der Waals surface area contributed by atoms with E-state index in [4.69, 9.17) is 0 Å². The minimum atomic E-state index is -4.16. The van der Waals surface area contributed by atoms with E-state index in [1.165, 1.54) is 36.4 Å². The third-order valence-electron chi connectivity index (χ3n) is 5.82. The fraction of sp³-hybridized carbons (Fsp3) is 0.200. The molecule has 0 unspecified atom stereocenters. The number of hydrogen-bond donors (Lipinski definition) is 1. The van der Waals surface area contributed by atoms with E-state index < -0.39 is 27.4 Å². The number of benzene rings is 3. The average molecular weight is 509 g/mol. The predicted octanol–water partition coefficient (Wildman–Crippen LogP) is 3.86. The number of rotatable bonds is 8. The van der Waals surface area contributed by atoms with Crippen molar-refractivity contribution in [2.75, 3.05) is 27.6 Å². The number of carbonyl (C=O) groups is 2. The quantitative estimate of drug-likeness (QED) is 0.363. The van der Waals surface area contributed by atoms with E-state index in [9.17, 15) is 28.1 Å². The highest BCUT2D eigenvalue weighted by molar-refractivity contribution is 7.92. The molecule has 0 aliphatic carbocycles. The predicted molar refractivity (Wildman–Crippen MR) is 135 cm³/mol. The maximum Gasteiger partial charge on any atom is 0.269 e. The van der Waals surface area contributed by atoms with Gasteiger partial charge in [-0.1, -0.05) is 24.3 Å². The fourth-order valence-corrected chi connectivity index (χ4v) is 5.43. The van der Waals surface area contributed by atoms with E-state index in [2.05, 4.69) is 5.32 Å². The Kier molecular flexibility index (Phi) is 7.02. The van der Waals surface area contributed by atoms with Gasteiger partial charge in [-0.15, -0.1) is 0 Å². The van der Waals surface area contributed by atoms with Gasteiger partial charge >= 0.3 is 0 Å². The molecular weight excluding hydrogens is 484 g/mol. The molecular formula is C25H24N4O6S. The van der Waals surface area contributed by atoms with Crippen LogP contribution in [0.25, 0.3) is 0 Å². The zero-order valence-electron chi connectivity index (χ0n) is 19.5. The van der Waals surface area contributed by atoms with Crippen LogP contribution in [-0.2, 0) is 19.6 Å². The van der Waals surface area contributed by atoms with Crippen LogP contribution in [0.15, 0.2) is 77.7 Å². The van der Waals surface area contributed by atoms with Crippen LogP contribution < -0.4 is 14.5 Å². The Morgan fingerprint density at radius 3 is 2.39 bits per heavy atom. The summed E-state index contributed by atoms with van der Waals surface area (Å²) in [6, 6.07) is 17.7. The standard InChI is InChI=1S/C25H24N4O6S/c1-18-9-10-19(16-23(18)27-15-5-8-25(27)31)26-24(30)17-28(20-11-13-21(14-12-20)29(32)33)36(34,35)22-6-3-2-4-7-22/h2-4,6-7,9-14,16H,5,8,15,17H2,1H3,(H,26,30). The van der Waals surface area contributed by atoms with Gasteiger partial charge in [0.25, 0.3) is 15.7 Å². The second-order valence-corrected chi connectivity index (χ2v) is 10.2. The summed E-state index contributed by atoms with van der Waals surface area (Å²) in [6.45, 7) is 1.90. The monoisotopic (exact) mass is 508 g/mol. The Morgan fingerprint density at radius 2 is 1.78 bits per heavy atom. The normalized spacial score (nSPS) is 13.5. The molecule has 36 heavy (non-hydrogen) atoms. The maximum atomic E-state index is 13.4. The van der Waals surface area contributed by atoms with E-state index in [-0.39, 0.29) is 22.2 Å². The maximum absolute atomic E-state index is 13.4. The molecule has 3 aromatic carbocycles. The number of nitro benzene ring substituents is 1. The zero-order valence-corrected chi connectivity index (χ0v) is 20.3. The first-order valence-electron chi connectivity index (χ1n) is 11.2.